The van der Waals surface area contributed by atoms with Crippen LogP contribution in [0.15, 0.2) is 60.8 Å². The number of carbonyl (C=O) groups excluding carboxylic acids is 2. The van der Waals surface area contributed by atoms with Crippen molar-refractivity contribution in [2.75, 3.05) is 23.1 Å². The van der Waals surface area contributed by atoms with Gasteiger partial charge in [0.05, 0.1) is 12.7 Å². The zero-order valence-electron chi connectivity index (χ0n) is 15.4. The van der Waals surface area contributed by atoms with Crippen molar-refractivity contribution in [3.05, 3.63) is 66.4 Å². The molecule has 0 radical (unpaired) electrons. The van der Waals surface area contributed by atoms with Gasteiger partial charge in [-0.05, 0) is 48.5 Å². The lowest BCUT2D eigenvalue weighted by Gasteiger charge is -2.10. The molecule has 0 saturated heterocycles. The van der Waals surface area contributed by atoms with Gasteiger partial charge in [0, 0.05) is 30.2 Å². The minimum absolute atomic E-state index is 0.126. The summed E-state index contributed by atoms with van der Waals surface area (Å²) in [5.74, 6) is 0.436. The number of rotatable bonds is 6. The number of hydrogen-bond acceptors (Lipinski definition) is 7. The summed E-state index contributed by atoms with van der Waals surface area (Å²) in [5, 5.41) is 8.94. The van der Waals surface area contributed by atoms with Gasteiger partial charge in [-0.3, -0.25) is 4.79 Å². The lowest BCUT2D eigenvalue weighted by Crippen LogP contribution is -2.05. The second kappa shape index (κ2) is 8.63. The molecule has 3 rings (SSSR count). The Morgan fingerprint density at radius 3 is 2.39 bits per heavy atom. The zero-order valence-corrected chi connectivity index (χ0v) is 15.4. The molecule has 1 amide bonds. The Balaban J connectivity index is 1.70. The van der Waals surface area contributed by atoms with Gasteiger partial charge in [-0.15, -0.1) is 0 Å². The molecule has 0 bridgehead atoms. The molecule has 0 fully saturated rings. The van der Waals surface area contributed by atoms with Gasteiger partial charge in [-0.2, -0.15) is 4.98 Å². The van der Waals surface area contributed by atoms with Crippen LogP contribution < -0.4 is 16.0 Å². The quantitative estimate of drug-likeness (QED) is 0.562. The van der Waals surface area contributed by atoms with E-state index in [0.717, 1.165) is 5.69 Å². The molecule has 0 unspecified atom stereocenters. The summed E-state index contributed by atoms with van der Waals surface area (Å²) in [4.78, 5) is 31.3. The Bertz CT molecular complexity index is 989. The number of methoxy groups -OCH3 is 1. The van der Waals surface area contributed by atoms with Gasteiger partial charge in [0.25, 0.3) is 0 Å². The Kier molecular flexibility index (Phi) is 5.81. The fourth-order valence-corrected chi connectivity index (χ4v) is 2.45. The number of amides is 1. The Hall–Kier alpha value is -3.94. The Labute approximate surface area is 162 Å². The minimum Gasteiger partial charge on any atom is -0.465 e. The first kappa shape index (κ1) is 18.8. The second-order valence-corrected chi connectivity index (χ2v) is 5.85. The van der Waals surface area contributed by atoms with Gasteiger partial charge in [-0.25, -0.2) is 9.78 Å². The van der Waals surface area contributed by atoms with Crippen LogP contribution in [0.1, 0.15) is 17.3 Å². The molecule has 2 aromatic carbocycles. The number of ether oxygens (including phenoxy) is 1. The summed E-state index contributed by atoms with van der Waals surface area (Å²) in [7, 11) is 1.34. The number of esters is 1. The molecule has 0 saturated carbocycles. The number of nitrogens with zero attached hydrogens (tertiary/aromatic N) is 2. The molecule has 28 heavy (non-hydrogen) atoms. The van der Waals surface area contributed by atoms with Gasteiger partial charge in [0.1, 0.15) is 5.82 Å². The van der Waals surface area contributed by atoms with E-state index in [4.69, 9.17) is 4.74 Å². The lowest BCUT2D eigenvalue weighted by atomic mass is 10.2. The Morgan fingerprint density at radius 2 is 1.68 bits per heavy atom. The van der Waals surface area contributed by atoms with Crippen molar-refractivity contribution >= 4 is 40.7 Å². The highest BCUT2D eigenvalue weighted by Gasteiger charge is 2.07. The van der Waals surface area contributed by atoms with Gasteiger partial charge in [-0.1, -0.05) is 6.07 Å². The van der Waals surface area contributed by atoms with E-state index >= 15 is 0 Å². The number of benzene rings is 2. The van der Waals surface area contributed by atoms with Crippen LogP contribution in [-0.2, 0) is 9.53 Å². The van der Waals surface area contributed by atoms with Gasteiger partial charge in [0.15, 0.2) is 0 Å². The molecular formula is C20H19N5O3. The number of anilines is 5. The number of nitrogens with one attached hydrogen (secondary N) is 3. The topological polar surface area (TPSA) is 105 Å². The number of carbonyl (C=O) groups is 2. The van der Waals surface area contributed by atoms with Crippen molar-refractivity contribution < 1.29 is 14.3 Å². The van der Waals surface area contributed by atoms with Crippen LogP contribution in [0.2, 0.25) is 0 Å². The van der Waals surface area contributed by atoms with Crippen molar-refractivity contribution in [2.45, 2.75) is 6.92 Å². The van der Waals surface area contributed by atoms with Crippen molar-refractivity contribution in [3.8, 4) is 0 Å². The van der Waals surface area contributed by atoms with Gasteiger partial charge in [0.2, 0.25) is 11.9 Å². The normalized spacial score (nSPS) is 10.1. The van der Waals surface area contributed by atoms with Crippen molar-refractivity contribution in [1.29, 1.82) is 0 Å². The SMILES string of the molecule is COC(=O)c1cccc(Nc2ccnc(Nc3ccc(NC(C)=O)cc3)n2)c1. The predicted octanol–water partition coefficient (Wildman–Crippen LogP) is 3.71. The summed E-state index contributed by atoms with van der Waals surface area (Å²) >= 11 is 0. The summed E-state index contributed by atoms with van der Waals surface area (Å²) in [6.07, 6.45) is 1.62. The van der Waals surface area contributed by atoms with Crippen molar-refractivity contribution in [2.24, 2.45) is 0 Å². The predicted molar refractivity (Wildman–Crippen MR) is 107 cm³/mol. The molecule has 1 aromatic heterocycles. The number of aromatic nitrogens is 2. The van der Waals surface area contributed by atoms with Crippen LogP contribution in [0.25, 0.3) is 0 Å². The minimum atomic E-state index is -0.406. The molecule has 142 valence electrons. The maximum atomic E-state index is 11.6. The lowest BCUT2D eigenvalue weighted by molar-refractivity contribution is -0.114. The standard InChI is InChI=1S/C20H19N5O3/c1-13(26)22-15-6-8-16(9-7-15)24-20-21-11-10-18(25-20)23-17-5-3-4-14(12-17)19(27)28-2/h3-12H,1-2H3,(H,22,26)(H2,21,23,24,25). The molecular weight excluding hydrogens is 358 g/mol. The first-order valence-electron chi connectivity index (χ1n) is 8.46. The molecule has 0 aliphatic heterocycles. The van der Waals surface area contributed by atoms with Crippen LogP contribution in [-0.4, -0.2) is 29.0 Å². The van der Waals surface area contributed by atoms with Gasteiger partial charge < -0.3 is 20.7 Å². The monoisotopic (exact) mass is 377 g/mol. The highest BCUT2D eigenvalue weighted by molar-refractivity contribution is 5.90. The molecule has 3 N–H and O–H groups in total. The summed E-state index contributed by atoms with van der Waals surface area (Å²) in [5.41, 5.74) is 2.63. The van der Waals surface area contributed by atoms with E-state index in [1.807, 2.05) is 18.2 Å². The van der Waals surface area contributed by atoms with E-state index in [1.54, 1.807) is 42.6 Å². The molecule has 0 aliphatic carbocycles. The van der Waals surface area contributed by atoms with E-state index < -0.39 is 5.97 Å². The third kappa shape index (κ3) is 5.04. The van der Waals surface area contributed by atoms with Gasteiger partial charge >= 0.3 is 5.97 Å². The molecule has 0 atom stereocenters. The largest absolute Gasteiger partial charge is 0.465 e. The van der Waals surface area contributed by atoms with Crippen LogP contribution in [0.4, 0.5) is 28.8 Å². The fraction of sp³-hybridized carbons (Fsp3) is 0.100. The summed E-state index contributed by atoms with van der Waals surface area (Å²) < 4.78 is 4.73. The third-order valence-corrected chi connectivity index (χ3v) is 3.67. The first-order valence-corrected chi connectivity index (χ1v) is 8.46. The molecule has 0 spiro atoms. The zero-order chi connectivity index (χ0) is 19.9. The van der Waals surface area contributed by atoms with E-state index in [2.05, 4.69) is 25.9 Å². The summed E-state index contributed by atoms with van der Waals surface area (Å²) in [6.45, 7) is 1.46. The second-order valence-electron chi connectivity index (χ2n) is 5.85. The average molecular weight is 377 g/mol. The summed E-state index contributed by atoms with van der Waals surface area (Å²) in [6, 6.07) is 15.8. The highest BCUT2D eigenvalue weighted by atomic mass is 16.5. The van der Waals surface area contributed by atoms with E-state index in [-0.39, 0.29) is 5.91 Å². The van der Waals surface area contributed by atoms with E-state index in [0.29, 0.717) is 28.7 Å². The van der Waals surface area contributed by atoms with Crippen LogP contribution in [0.3, 0.4) is 0 Å². The van der Waals surface area contributed by atoms with Crippen LogP contribution >= 0.6 is 0 Å². The first-order chi connectivity index (χ1) is 13.5. The number of hydrogen-bond donors (Lipinski definition) is 3. The average Bonchev–Trinajstić information content (AvgIpc) is 2.69. The fourth-order valence-electron chi connectivity index (χ4n) is 2.45. The molecule has 8 heteroatoms. The molecule has 1 heterocycles. The van der Waals surface area contributed by atoms with E-state index in [1.165, 1.54) is 14.0 Å². The molecule has 0 aliphatic rings. The van der Waals surface area contributed by atoms with Crippen LogP contribution in [0, 0.1) is 0 Å². The maximum absolute atomic E-state index is 11.6. The molecule has 3 aromatic rings. The maximum Gasteiger partial charge on any atom is 0.337 e. The van der Waals surface area contributed by atoms with Crippen LogP contribution in [0.5, 0.6) is 0 Å². The van der Waals surface area contributed by atoms with E-state index in [9.17, 15) is 9.59 Å². The third-order valence-electron chi connectivity index (χ3n) is 3.67. The molecule has 8 nitrogen and oxygen atoms in total. The van der Waals surface area contributed by atoms with Crippen molar-refractivity contribution in [1.82, 2.24) is 9.97 Å². The highest BCUT2D eigenvalue weighted by Crippen LogP contribution is 2.20. The van der Waals surface area contributed by atoms with Crippen molar-refractivity contribution in [3.63, 3.8) is 0 Å². The smallest absolute Gasteiger partial charge is 0.337 e. The Morgan fingerprint density at radius 1 is 0.929 bits per heavy atom.